The van der Waals surface area contributed by atoms with Crippen molar-refractivity contribution in [2.24, 2.45) is 5.41 Å². The Morgan fingerprint density at radius 1 is 0.400 bits per heavy atom. The molecular weight excluding hydrogens is 552 g/mol. The van der Waals surface area contributed by atoms with E-state index in [0.29, 0.717) is 5.41 Å². The van der Waals surface area contributed by atoms with E-state index in [4.69, 9.17) is 9.47 Å². The van der Waals surface area contributed by atoms with Crippen LogP contribution in [0.25, 0.3) is 0 Å². The van der Waals surface area contributed by atoms with Gasteiger partial charge in [0, 0.05) is 45.5 Å². The zero-order valence-corrected chi connectivity index (χ0v) is 31.2. The molecule has 0 unspecified atom stereocenters. The smallest absolute Gasteiger partial charge is 0.0914 e. The summed E-state index contributed by atoms with van der Waals surface area (Å²) in [5.41, 5.74) is 0.390. The molecule has 2 fully saturated rings. The second-order valence-corrected chi connectivity index (χ2v) is 15.6. The van der Waals surface area contributed by atoms with Crippen LogP contribution in [0, 0.1) is 5.41 Å². The predicted molar refractivity (Wildman–Crippen MR) is 196 cm³/mol. The van der Waals surface area contributed by atoms with Crippen LogP contribution in [-0.2, 0) is 9.47 Å². The fourth-order valence-corrected chi connectivity index (χ4v) is 8.23. The van der Waals surface area contributed by atoms with Crippen molar-refractivity contribution in [1.29, 1.82) is 0 Å². The second kappa shape index (κ2) is 29.9. The van der Waals surface area contributed by atoms with Gasteiger partial charge < -0.3 is 19.3 Å². The highest BCUT2D eigenvalue weighted by atomic mass is 16.5. The summed E-state index contributed by atoms with van der Waals surface area (Å²) in [6.07, 6.45) is 39.0. The first-order valence-electron chi connectivity index (χ1n) is 21.1. The molecule has 0 aliphatic carbocycles. The Hall–Kier alpha value is -0.160. The van der Waals surface area contributed by atoms with Crippen LogP contribution in [0.2, 0.25) is 0 Å². The number of quaternary nitrogens is 2. The number of nitrogens with one attached hydrogen (secondary N) is 2. The average molecular weight is 637 g/mol. The molecular formula is C41H84N2O2+2. The molecule has 268 valence electrons. The highest BCUT2D eigenvalue weighted by Gasteiger charge is 2.40. The van der Waals surface area contributed by atoms with Gasteiger partial charge in [0.15, 0.2) is 0 Å². The highest BCUT2D eigenvalue weighted by molar-refractivity contribution is 4.79. The minimum Gasteiger partial charge on any atom is -0.381 e. The average Bonchev–Trinajstić information content (AvgIpc) is 3.76. The summed E-state index contributed by atoms with van der Waals surface area (Å²) >= 11 is 0. The normalized spacial score (nSPS) is 16.4. The van der Waals surface area contributed by atoms with Gasteiger partial charge in [-0.25, -0.2) is 0 Å². The lowest BCUT2D eigenvalue weighted by atomic mass is 9.81. The minimum atomic E-state index is 0.390. The molecule has 2 aliphatic rings. The van der Waals surface area contributed by atoms with E-state index in [1.165, 1.54) is 219 Å². The zero-order valence-electron chi connectivity index (χ0n) is 31.2. The van der Waals surface area contributed by atoms with Crippen molar-refractivity contribution in [3.8, 4) is 0 Å². The third-order valence-electron chi connectivity index (χ3n) is 11.1. The van der Waals surface area contributed by atoms with Gasteiger partial charge in [0.05, 0.1) is 51.3 Å². The molecule has 4 nitrogen and oxygen atoms in total. The van der Waals surface area contributed by atoms with Crippen molar-refractivity contribution >= 4 is 0 Å². The summed E-state index contributed by atoms with van der Waals surface area (Å²) in [4.78, 5) is 3.76. The van der Waals surface area contributed by atoms with E-state index >= 15 is 0 Å². The first-order chi connectivity index (χ1) is 22.3. The fourth-order valence-electron chi connectivity index (χ4n) is 8.23. The van der Waals surface area contributed by atoms with Gasteiger partial charge in [-0.1, -0.05) is 142 Å². The van der Waals surface area contributed by atoms with E-state index in [-0.39, 0.29) is 0 Å². The van der Waals surface area contributed by atoms with Crippen molar-refractivity contribution in [3.63, 3.8) is 0 Å². The topological polar surface area (TPSA) is 27.3 Å². The first kappa shape index (κ1) is 41.0. The molecule has 0 amide bonds. The molecule has 2 heterocycles. The third-order valence-corrected chi connectivity index (χ3v) is 11.1. The standard InChI is InChI=1S/C41H82N2O2/c1-3-5-7-9-10-11-12-13-14-16-21-29-37-45-40-41(38-42-31-23-24-32-42,39-43-33-25-26-34-43)30-22-18-15-17-20-28-36-44-35-27-19-8-6-4-2/h3-40H2,1-2H3/p+2. The Morgan fingerprint density at radius 2 is 0.733 bits per heavy atom. The summed E-state index contributed by atoms with van der Waals surface area (Å²) in [5.74, 6) is 0. The lowest BCUT2D eigenvalue weighted by molar-refractivity contribution is -0.920. The molecule has 0 spiro atoms. The van der Waals surface area contributed by atoms with Crippen molar-refractivity contribution < 1.29 is 19.3 Å². The van der Waals surface area contributed by atoms with Gasteiger partial charge in [-0.15, -0.1) is 0 Å². The van der Waals surface area contributed by atoms with Crippen LogP contribution >= 0.6 is 0 Å². The summed E-state index contributed by atoms with van der Waals surface area (Å²) in [6.45, 7) is 16.9. The quantitative estimate of drug-likeness (QED) is 0.0691. The minimum absolute atomic E-state index is 0.390. The van der Waals surface area contributed by atoms with E-state index in [9.17, 15) is 0 Å². The molecule has 2 aliphatic heterocycles. The van der Waals surface area contributed by atoms with Gasteiger partial charge >= 0.3 is 0 Å². The molecule has 2 N–H and O–H groups in total. The maximum atomic E-state index is 6.64. The van der Waals surface area contributed by atoms with Gasteiger partial charge in [0.1, 0.15) is 0 Å². The number of unbranched alkanes of at least 4 members (excludes halogenated alkanes) is 20. The predicted octanol–water partition coefficient (Wildman–Crippen LogP) is 8.77. The molecule has 45 heavy (non-hydrogen) atoms. The number of ether oxygens (including phenoxy) is 2. The van der Waals surface area contributed by atoms with E-state index in [0.717, 1.165) is 26.4 Å². The number of hydrogen-bond donors (Lipinski definition) is 2. The molecule has 0 aromatic heterocycles. The van der Waals surface area contributed by atoms with Gasteiger partial charge in [-0.3, -0.25) is 0 Å². The van der Waals surface area contributed by atoms with Gasteiger partial charge in [0.2, 0.25) is 0 Å². The monoisotopic (exact) mass is 637 g/mol. The van der Waals surface area contributed by atoms with Gasteiger partial charge in [-0.2, -0.15) is 0 Å². The molecule has 0 bridgehead atoms. The van der Waals surface area contributed by atoms with Gasteiger partial charge in [-0.05, 0) is 25.7 Å². The van der Waals surface area contributed by atoms with E-state index in [1.54, 1.807) is 0 Å². The van der Waals surface area contributed by atoms with Crippen LogP contribution in [0.4, 0.5) is 0 Å². The molecule has 2 rings (SSSR count). The summed E-state index contributed by atoms with van der Waals surface area (Å²) in [6, 6.07) is 0. The summed E-state index contributed by atoms with van der Waals surface area (Å²) in [7, 11) is 0. The van der Waals surface area contributed by atoms with Crippen molar-refractivity contribution in [2.75, 3.05) is 65.7 Å². The number of likely N-dealkylation sites (tertiary alicyclic amines) is 2. The molecule has 0 saturated carbocycles. The molecule has 0 aromatic rings. The van der Waals surface area contributed by atoms with Crippen LogP contribution < -0.4 is 9.80 Å². The molecule has 0 atom stereocenters. The Bertz CT molecular complexity index is 550. The fraction of sp³-hybridized carbons (Fsp3) is 1.00. The van der Waals surface area contributed by atoms with Crippen molar-refractivity contribution in [2.45, 2.75) is 194 Å². The van der Waals surface area contributed by atoms with Crippen LogP contribution in [0.3, 0.4) is 0 Å². The summed E-state index contributed by atoms with van der Waals surface area (Å²) < 4.78 is 12.5. The zero-order chi connectivity index (χ0) is 31.9. The molecule has 0 radical (unpaired) electrons. The van der Waals surface area contributed by atoms with E-state index in [2.05, 4.69) is 13.8 Å². The molecule has 0 aromatic carbocycles. The van der Waals surface area contributed by atoms with Crippen molar-refractivity contribution in [1.82, 2.24) is 0 Å². The lowest BCUT2D eigenvalue weighted by Crippen LogP contribution is -3.15. The van der Waals surface area contributed by atoms with Gasteiger partial charge in [0.25, 0.3) is 0 Å². The highest BCUT2D eigenvalue weighted by Crippen LogP contribution is 2.25. The Kier molecular flexibility index (Phi) is 27.3. The largest absolute Gasteiger partial charge is 0.381 e. The SMILES string of the molecule is CCCCCCCCCCCCCCOCC(CCCCCCCCOCCCCCCC)(C[NH+]1CCCC1)C[NH+]1CCCC1. The number of rotatable bonds is 34. The summed E-state index contributed by atoms with van der Waals surface area (Å²) in [5, 5.41) is 0. The maximum absolute atomic E-state index is 6.64. The molecule has 4 heteroatoms. The lowest BCUT2D eigenvalue weighted by Gasteiger charge is -2.36. The molecule has 2 saturated heterocycles. The van der Waals surface area contributed by atoms with Crippen molar-refractivity contribution in [3.05, 3.63) is 0 Å². The first-order valence-corrected chi connectivity index (χ1v) is 21.1. The second-order valence-electron chi connectivity index (χ2n) is 15.6. The van der Waals surface area contributed by atoms with Crippen LogP contribution in [0.5, 0.6) is 0 Å². The Balaban J connectivity index is 1.63. The van der Waals surface area contributed by atoms with E-state index < -0.39 is 0 Å². The van der Waals surface area contributed by atoms with Crippen LogP contribution in [0.1, 0.15) is 194 Å². The third kappa shape index (κ3) is 22.9. The van der Waals surface area contributed by atoms with Crippen LogP contribution in [-0.4, -0.2) is 65.7 Å². The van der Waals surface area contributed by atoms with E-state index in [1.807, 2.05) is 9.80 Å². The van der Waals surface area contributed by atoms with Crippen LogP contribution in [0.15, 0.2) is 0 Å². The number of hydrogen-bond acceptors (Lipinski definition) is 2. The maximum Gasteiger partial charge on any atom is 0.0914 e. The Morgan fingerprint density at radius 3 is 1.13 bits per heavy atom. The Labute approximate surface area is 283 Å².